The molecule has 0 bridgehead atoms. The SMILES string of the molecule is c1ccc(-c2cccc(-c3ccccc3)c2N(c2ccc3c(c2)Sc2ccccc2C32c3ccccc3-c3cccc4cccc2c34)c2ccc3c(c2)c2ccccc2n3-c2ccccc2)cc1. The highest BCUT2D eigenvalue weighted by molar-refractivity contribution is 7.99. The molecule has 2 heterocycles. The highest BCUT2D eigenvalue weighted by Gasteiger charge is 2.48. The number of hydrogen-bond acceptors (Lipinski definition) is 2. The van der Waals surface area contributed by atoms with E-state index in [0.717, 1.165) is 45.0 Å². The number of fused-ring (bicyclic) bond motifs is 11. The van der Waals surface area contributed by atoms with Crippen molar-refractivity contribution in [1.82, 2.24) is 4.57 Å². The van der Waals surface area contributed by atoms with Crippen LogP contribution in [-0.2, 0) is 5.41 Å². The maximum Gasteiger partial charge on any atom is 0.0735 e. The first-order valence-corrected chi connectivity index (χ1v) is 24.2. The topological polar surface area (TPSA) is 8.17 Å². The molecule has 318 valence electrons. The van der Waals surface area contributed by atoms with Crippen molar-refractivity contribution >= 4 is 61.4 Å². The van der Waals surface area contributed by atoms with Gasteiger partial charge in [-0.05, 0) is 110 Å². The normalized spacial score (nSPS) is 14.5. The lowest BCUT2D eigenvalue weighted by molar-refractivity contribution is 0.707. The van der Waals surface area contributed by atoms with E-state index < -0.39 is 5.41 Å². The zero-order valence-electron chi connectivity index (χ0n) is 37.1. The van der Waals surface area contributed by atoms with E-state index in [9.17, 15) is 0 Å². The van der Waals surface area contributed by atoms with Crippen molar-refractivity contribution in [2.24, 2.45) is 0 Å². The molecule has 0 N–H and O–H groups in total. The van der Waals surface area contributed by atoms with Crippen LogP contribution in [-0.4, -0.2) is 4.57 Å². The standard InChI is InChI=1S/C65H42N2S/c1-4-19-43(20-5-1)49-29-18-30-50(44-21-6-2-7-22-44)64(49)66(47-38-40-60-54(41-47)52-28-11-14-35-59(52)67(60)46-25-8-3-9-26-46)48-37-39-57-62(42-48)68-61-36-15-13-33-56(61)65(57)55-32-12-10-27-51(55)53-31-16-23-45-24-17-34-58(65)63(45)53/h1-42H. The Morgan fingerprint density at radius 1 is 0.353 bits per heavy atom. The van der Waals surface area contributed by atoms with Gasteiger partial charge < -0.3 is 9.47 Å². The zero-order chi connectivity index (χ0) is 44.8. The van der Waals surface area contributed by atoms with E-state index in [2.05, 4.69) is 264 Å². The van der Waals surface area contributed by atoms with Crippen LogP contribution in [0.1, 0.15) is 22.3 Å². The van der Waals surface area contributed by atoms with E-state index in [1.54, 1.807) is 0 Å². The van der Waals surface area contributed by atoms with Crippen molar-refractivity contribution in [2.75, 3.05) is 4.90 Å². The number of nitrogens with zero attached hydrogens (tertiary/aromatic N) is 2. The predicted molar refractivity (Wildman–Crippen MR) is 285 cm³/mol. The molecule has 0 amide bonds. The van der Waals surface area contributed by atoms with Gasteiger partial charge >= 0.3 is 0 Å². The molecule has 1 atom stereocenters. The van der Waals surface area contributed by atoms with Crippen molar-refractivity contribution < 1.29 is 0 Å². The van der Waals surface area contributed by atoms with Crippen LogP contribution in [0.15, 0.2) is 265 Å². The number of hydrogen-bond donors (Lipinski definition) is 0. The average molecular weight is 883 g/mol. The van der Waals surface area contributed by atoms with Crippen LogP contribution in [0.3, 0.4) is 0 Å². The number of para-hydroxylation sites is 3. The first-order chi connectivity index (χ1) is 33.8. The molecule has 0 saturated carbocycles. The summed E-state index contributed by atoms with van der Waals surface area (Å²) in [4.78, 5) is 5.06. The molecule has 68 heavy (non-hydrogen) atoms. The lowest BCUT2D eigenvalue weighted by Crippen LogP contribution is -2.36. The molecule has 1 aromatic heterocycles. The minimum atomic E-state index is -0.541. The summed E-state index contributed by atoms with van der Waals surface area (Å²) in [6.45, 7) is 0. The van der Waals surface area contributed by atoms with Crippen molar-refractivity contribution in [3.8, 4) is 39.1 Å². The Bertz CT molecular complexity index is 3890. The third-order valence-corrected chi connectivity index (χ3v) is 15.6. The Hall–Kier alpha value is -8.37. The summed E-state index contributed by atoms with van der Waals surface area (Å²) in [5.41, 5.74) is 18.8. The molecular weight excluding hydrogens is 841 g/mol. The number of aromatic nitrogens is 1. The Morgan fingerprint density at radius 3 is 1.68 bits per heavy atom. The molecule has 2 aliphatic rings. The summed E-state index contributed by atoms with van der Waals surface area (Å²) < 4.78 is 2.40. The van der Waals surface area contributed by atoms with E-state index in [-0.39, 0.29) is 0 Å². The smallest absolute Gasteiger partial charge is 0.0735 e. The Labute approximate surface area is 400 Å². The Balaban J connectivity index is 1.08. The van der Waals surface area contributed by atoms with E-state index in [4.69, 9.17) is 0 Å². The monoisotopic (exact) mass is 882 g/mol. The summed E-state index contributed by atoms with van der Waals surface area (Å²) in [6, 6.07) is 94.5. The lowest BCUT2D eigenvalue weighted by atomic mass is 9.59. The van der Waals surface area contributed by atoms with E-state index in [1.165, 1.54) is 75.7 Å². The summed E-state index contributed by atoms with van der Waals surface area (Å²) >= 11 is 1.89. The van der Waals surface area contributed by atoms with Crippen LogP contribution in [0.4, 0.5) is 17.1 Å². The minimum Gasteiger partial charge on any atom is -0.309 e. The van der Waals surface area contributed by atoms with Crippen LogP contribution in [0, 0.1) is 0 Å². The van der Waals surface area contributed by atoms with Crippen LogP contribution >= 0.6 is 11.8 Å². The molecule has 11 aromatic carbocycles. The van der Waals surface area contributed by atoms with Gasteiger partial charge in [0.2, 0.25) is 0 Å². The van der Waals surface area contributed by atoms with Gasteiger partial charge in [0.15, 0.2) is 0 Å². The zero-order valence-corrected chi connectivity index (χ0v) is 37.9. The average Bonchev–Trinajstić information content (AvgIpc) is 3.74. The van der Waals surface area contributed by atoms with Crippen molar-refractivity contribution in [2.45, 2.75) is 15.2 Å². The van der Waals surface area contributed by atoms with Gasteiger partial charge in [0, 0.05) is 48.8 Å². The van der Waals surface area contributed by atoms with Crippen molar-refractivity contribution in [3.63, 3.8) is 0 Å². The fraction of sp³-hybridized carbons (Fsp3) is 0.0154. The van der Waals surface area contributed by atoms with Gasteiger partial charge in [-0.3, -0.25) is 0 Å². The first kappa shape index (κ1) is 38.9. The second-order valence-corrected chi connectivity index (χ2v) is 19.0. The van der Waals surface area contributed by atoms with Crippen LogP contribution in [0.2, 0.25) is 0 Å². The second kappa shape index (κ2) is 15.4. The molecule has 1 unspecified atom stereocenters. The third kappa shape index (κ3) is 5.66. The number of benzene rings is 11. The maximum atomic E-state index is 2.54. The molecule has 2 nitrogen and oxygen atoms in total. The van der Waals surface area contributed by atoms with Gasteiger partial charge in [-0.1, -0.05) is 212 Å². The number of rotatable bonds is 6. The fourth-order valence-electron chi connectivity index (χ4n) is 11.7. The van der Waals surface area contributed by atoms with Gasteiger partial charge in [-0.25, -0.2) is 0 Å². The molecule has 1 aliphatic heterocycles. The Kier molecular flexibility index (Phi) is 8.77. The minimum absolute atomic E-state index is 0.541. The van der Waals surface area contributed by atoms with Gasteiger partial charge in [-0.15, -0.1) is 0 Å². The second-order valence-electron chi connectivity index (χ2n) is 17.9. The lowest BCUT2D eigenvalue weighted by Gasteiger charge is -2.46. The molecule has 3 heteroatoms. The Morgan fingerprint density at radius 2 is 0.897 bits per heavy atom. The highest BCUT2D eigenvalue weighted by Crippen LogP contribution is 2.62. The van der Waals surface area contributed by atoms with Gasteiger partial charge in [0.05, 0.1) is 22.1 Å². The van der Waals surface area contributed by atoms with Crippen LogP contribution in [0.5, 0.6) is 0 Å². The highest BCUT2D eigenvalue weighted by atomic mass is 32.2. The maximum absolute atomic E-state index is 2.54. The van der Waals surface area contributed by atoms with Gasteiger partial charge in [0.1, 0.15) is 0 Å². The molecule has 1 spiro atoms. The predicted octanol–water partition coefficient (Wildman–Crippen LogP) is 17.6. The summed E-state index contributed by atoms with van der Waals surface area (Å²) in [6.07, 6.45) is 0. The summed E-state index contributed by atoms with van der Waals surface area (Å²) in [7, 11) is 0. The first-order valence-electron chi connectivity index (χ1n) is 23.4. The van der Waals surface area contributed by atoms with Crippen molar-refractivity contribution in [1.29, 1.82) is 0 Å². The molecule has 0 saturated heterocycles. The van der Waals surface area contributed by atoms with Crippen LogP contribution < -0.4 is 4.90 Å². The van der Waals surface area contributed by atoms with Gasteiger partial charge in [0.25, 0.3) is 0 Å². The van der Waals surface area contributed by atoms with Gasteiger partial charge in [-0.2, -0.15) is 0 Å². The van der Waals surface area contributed by atoms with E-state index in [0.29, 0.717) is 0 Å². The quantitative estimate of drug-likeness (QED) is 0.164. The molecule has 1 aliphatic carbocycles. The van der Waals surface area contributed by atoms with Crippen molar-refractivity contribution in [3.05, 3.63) is 277 Å². The molecule has 0 radical (unpaired) electrons. The molecule has 0 fully saturated rings. The largest absolute Gasteiger partial charge is 0.309 e. The fourth-order valence-corrected chi connectivity index (χ4v) is 12.9. The van der Waals surface area contributed by atoms with E-state index in [1.807, 2.05) is 11.8 Å². The molecule has 12 aromatic rings. The molecule has 14 rings (SSSR count). The third-order valence-electron chi connectivity index (χ3n) is 14.4. The number of anilines is 3. The summed E-state index contributed by atoms with van der Waals surface area (Å²) in [5, 5.41) is 5.03. The van der Waals surface area contributed by atoms with Crippen LogP contribution in [0.25, 0.3) is 71.6 Å². The molecular formula is C65H42N2S. The van der Waals surface area contributed by atoms with E-state index >= 15 is 0 Å². The summed E-state index contributed by atoms with van der Waals surface area (Å²) in [5.74, 6) is 0.